The van der Waals surface area contributed by atoms with Crippen molar-refractivity contribution in [3.8, 4) is 0 Å². The SMILES string of the molecule is CC(C)(C)NCc1cnc2ccc(Br)cn12. The number of rotatable bonds is 2. The molecule has 0 aliphatic heterocycles. The quantitative estimate of drug-likeness (QED) is 0.917. The van der Waals surface area contributed by atoms with Gasteiger partial charge in [0.05, 0.1) is 11.9 Å². The van der Waals surface area contributed by atoms with Crippen LogP contribution in [0.4, 0.5) is 0 Å². The molecule has 0 atom stereocenters. The molecule has 0 saturated carbocycles. The molecular weight excluding hydrogens is 266 g/mol. The van der Waals surface area contributed by atoms with Crippen molar-refractivity contribution in [3.63, 3.8) is 0 Å². The van der Waals surface area contributed by atoms with E-state index in [0.717, 1.165) is 16.7 Å². The summed E-state index contributed by atoms with van der Waals surface area (Å²) in [6, 6.07) is 4.01. The standard InChI is InChI=1S/C12H16BrN3/c1-12(2,3)15-7-10-6-14-11-5-4-9(13)8-16(10)11/h4-6,8,15H,7H2,1-3H3. The second-order valence-corrected chi connectivity index (χ2v) is 5.84. The van der Waals surface area contributed by atoms with Crippen molar-refractivity contribution in [2.24, 2.45) is 0 Å². The fraction of sp³-hybridized carbons (Fsp3) is 0.417. The van der Waals surface area contributed by atoms with E-state index in [1.165, 1.54) is 5.69 Å². The fourth-order valence-electron chi connectivity index (χ4n) is 1.49. The first-order chi connectivity index (χ1) is 7.46. The second-order valence-electron chi connectivity index (χ2n) is 4.93. The number of fused-ring (bicyclic) bond motifs is 1. The summed E-state index contributed by atoms with van der Waals surface area (Å²) in [6.07, 6.45) is 3.96. The van der Waals surface area contributed by atoms with Gasteiger partial charge in [0.15, 0.2) is 0 Å². The third kappa shape index (κ3) is 2.62. The van der Waals surface area contributed by atoms with Crippen LogP contribution in [0.1, 0.15) is 26.5 Å². The van der Waals surface area contributed by atoms with Gasteiger partial charge in [-0.1, -0.05) is 0 Å². The van der Waals surface area contributed by atoms with Crippen LogP contribution in [-0.4, -0.2) is 14.9 Å². The van der Waals surface area contributed by atoms with E-state index in [9.17, 15) is 0 Å². The molecule has 4 heteroatoms. The lowest BCUT2D eigenvalue weighted by atomic mass is 10.1. The predicted octanol–water partition coefficient (Wildman–Crippen LogP) is 2.98. The average molecular weight is 282 g/mol. The second kappa shape index (κ2) is 4.18. The lowest BCUT2D eigenvalue weighted by Crippen LogP contribution is -2.35. The van der Waals surface area contributed by atoms with Gasteiger partial charge in [-0.15, -0.1) is 0 Å². The largest absolute Gasteiger partial charge is 0.306 e. The molecule has 0 aromatic carbocycles. The van der Waals surface area contributed by atoms with Crippen molar-refractivity contribution in [1.29, 1.82) is 0 Å². The highest BCUT2D eigenvalue weighted by atomic mass is 79.9. The topological polar surface area (TPSA) is 29.3 Å². The number of hydrogen-bond donors (Lipinski definition) is 1. The summed E-state index contributed by atoms with van der Waals surface area (Å²) in [5, 5.41) is 3.46. The van der Waals surface area contributed by atoms with Gasteiger partial charge in [0, 0.05) is 22.8 Å². The van der Waals surface area contributed by atoms with E-state index in [-0.39, 0.29) is 5.54 Å². The van der Waals surface area contributed by atoms with Crippen LogP contribution in [0.3, 0.4) is 0 Å². The van der Waals surface area contributed by atoms with Crippen LogP contribution in [0, 0.1) is 0 Å². The molecule has 0 unspecified atom stereocenters. The molecule has 0 spiro atoms. The number of pyridine rings is 1. The van der Waals surface area contributed by atoms with E-state index in [2.05, 4.69) is 51.4 Å². The van der Waals surface area contributed by atoms with Crippen LogP contribution >= 0.6 is 15.9 Å². The predicted molar refractivity (Wildman–Crippen MR) is 69.5 cm³/mol. The minimum atomic E-state index is 0.121. The average Bonchev–Trinajstić information content (AvgIpc) is 2.56. The molecule has 0 saturated heterocycles. The molecule has 0 bridgehead atoms. The first kappa shape index (κ1) is 11.6. The smallest absolute Gasteiger partial charge is 0.136 e. The molecule has 2 heterocycles. The Kier molecular flexibility index (Phi) is 3.04. The van der Waals surface area contributed by atoms with Crippen molar-refractivity contribution in [2.45, 2.75) is 32.9 Å². The van der Waals surface area contributed by atoms with Crippen LogP contribution in [0.2, 0.25) is 0 Å². The minimum Gasteiger partial charge on any atom is -0.306 e. The van der Waals surface area contributed by atoms with Gasteiger partial charge in [-0.3, -0.25) is 0 Å². The first-order valence-corrected chi connectivity index (χ1v) is 6.11. The van der Waals surface area contributed by atoms with Crippen molar-refractivity contribution >= 4 is 21.6 Å². The number of halogens is 1. The van der Waals surface area contributed by atoms with Crippen LogP contribution in [-0.2, 0) is 6.54 Å². The number of nitrogens with zero attached hydrogens (tertiary/aromatic N) is 2. The van der Waals surface area contributed by atoms with Gasteiger partial charge in [-0.2, -0.15) is 0 Å². The van der Waals surface area contributed by atoms with E-state index in [4.69, 9.17) is 0 Å². The Morgan fingerprint density at radius 1 is 1.38 bits per heavy atom. The third-order valence-corrected chi connectivity index (χ3v) is 2.82. The zero-order chi connectivity index (χ0) is 11.8. The zero-order valence-electron chi connectivity index (χ0n) is 9.79. The highest BCUT2D eigenvalue weighted by Gasteiger charge is 2.10. The maximum atomic E-state index is 4.36. The van der Waals surface area contributed by atoms with Crippen LogP contribution in [0.15, 0.2) is 29.0 Å². The molecule has 3 nitrogen and oxygen atoms in total. The van der Waals surface area contributed by atoms with E-state index < -0.39 is 0 Å². The molecule has 0 fully saturated rings. The lowest BCUT2D eigenvalue weighted by Gasteiger charge is -2.20. The minimum absolute atomic E-state index is 0.121. The monoisotopic (exact) mass is 281 g/mol. The Morgan fingerprint density at radius 3 is 2.81 bits per heavy atom. The van der Waals surface area contributed by atoms with Gasteiger partial charge in [0.25, 0.3) is 0 Å². The summed E-state index contributed by atoms with van der Waals surface area (Å²) in [5.41, 5.74) is 2.27. The Morgan fingerprint density at radius 2 is 2.12 bits per heavy atom. The Balaban J connectivity index is 2.28. The maximum Gasteiger partial charge on any atom is 0.136 e. The third-order valence-electron chi connectivity index (χ3n) is 2.35. The highest BCUT2D eigenvalue weighted by Crippen LogP contribution is 2.14. The molecule has 86 valence electrons. The molecule has 1 N–H and O–H groups in total. The van der Waals surface area contributed by atoms with E-state index >= 15 is 0 Å². The zero-order valence-corrected chi connectivity index (χ0v) is 11.4. The highest BCUT2D eigenvalue weighted by molar-refractivity contribution is 9.10. The number of nitrogens with one attached hydrogen (secondary N) is 1. The number of hydrogen-bond acceptors (Lipinski definition) is 2. The molecule has 0 amide bonds. The summed E-state index contributed by atoms with van der Waals surface area (Å²) in [7, 11) is 0. The van der Waals surface area contributed by atoms with Crippen LogP contribution in [0.5, 0.6) is 0 Å². The summed E-state index contributed by atoms with van der Waals surface area (Å²) >= 11 is 3.47. The molecular formula is C12H16BrN3. The molecule has 0 aliphatic carbocycles. The van der Waals surface area contributed by atoms with Gasteiger partial charge < -0.3 is 9.72 Å². The van der Waals surface area contributed by atoms with Crippen molar-refractivity contribution in [1.82, 2.24) is 14.7 Å². The van der Waals surface area contributed by atoms with E-state index in [1.807, 2.05) is 24.5 Å². The molecule has 0 radical (unpaired) electrons. The van der Waals surface area contributed by atoms with Crippen LogP contribution in [0.25, 0.3) is 5.65 Å². The molecule has 2 rings (SSSR count). The van der Waals surface area contributed by atoms with Crippen molar-refractivity contribution in [2.75, 3.05) is 0 Å². The Bertz CT molecular complexity index is 496. The van der Waals surface area contributed by atoms with Gasteiger partial charge in [-0.25, -0.2) is 4.98 Å². The summed E-state index contributed by atoms with van der Waals surface area (Å²) in [4.78, 5) is 4.36. The number of imidazole rings is 1. The summed E-state index contributed by atoms with van der Waals surface area (Å²) in [6.45, 7) is 7.30. The van der Waals surface area contributed by atoms with Crippen molar-refractivity contribution < 1.29 is 0 Å². The number of aromatic nitrogens is 2. The summed E-state index contributed by atoms with van der Waals surface area (Å²) < 4.78 is 3.16. The molecule has 2 aromatic rings. The normalized spacial score (nSPS) is 12.2. The van der Waals surface area contributed by atoms with Gasteiger partial charge in [0.1, 0.15) is 5.65 Å². The van der Waals surface area contributed by atoms with Gasteiger partial charge >= 0.3 is 0 Å². The van der Waals surface area contributed by atoms with Crippen molar-refractivity contribution in [3.05, 3.63) is 34.7 Å². The lowest BCUT2D eigenvalue weighted by molar-refractivity contribution is 0.420. The van der Waals surface area contributed by atoms with E-state index in [0.29, 0.717) is 0 Å². The summed E-state index contributed by atoms with van der Waals surface area (Å²) in [5.74, 6) is 0. The maximum absolute atomic E-state index is 4.36. The Labute approximate surface area is 104 Å². The van der Waals surface area contributed by atoms with Gasteiger partial charge in [0.2, 0.25) is 0 Å². The van der Waals surface area contributed by atoms with E-state index in [1.54, 1.807) is 0 Å². The molecule has 0 aliphatic rings. The van der Waals surface area contributed by atoms with Gasteiger partial charge in [-0.05, 0) is 48.8 Å². The first-order valence-electron chi connectivity index (χ1n) is 5.32. The fourth-order valence-corrected chi connectivity index (χ4v) is 1.83. The molecule has 2 aromatic heterocycles. The Hall–Kier alpha value is -0.870. The van der Waals surface area contributed by atoms with Crippen LogP contribution < -0.4 is 5.32 Å². The molecule has 16 heavy (non-hydrogen) atoms.